The number of nitrogens with one attached hydrogen (secondary N) is 1. The van der Waals surface area contributed by atoms with Gasteiger partial charge in [-0.3, -0.25) is 0 Å². The van der Waals surface area contributed by atoms with Crippen LogP contribution in [-0.2, 0) is 0 Å². The Morgan fingerprint density at radius 2 is 1.96 bits per heavy atom. The van der Waals surface area contributed by atoms with Crippen molar-refractivity contribution in [2.45, 2.75) is 41.5 Å². The lowest BCUT2D eigenvalue weighted by atomic mass is 9.99. The van der Waals surface area contributed by atoms with Crippen LogP contribution in [-0.4, -0.2) is 33.3 Å². The van der Waals surface area contributed by atoms with Crippen molar-refractivity contribution < 1.29 is 9.64 Å². The highest BCUT2D eigenvalue weighted by atomic mass is 32.2. The molecule has 0 radical (unpaired) electrons. The van der Waals surface area contributed by atoms with Gasteiger partial charge in [0.15, 0.2) is 0 Å². The Balaban J connectivity index is 1.63. The van der Waals surface area contributed by atoms with Gasteiger partial charge in [-0.25, -0.2) is 0 Å². The zero-order valence-electron chi connectivity index (χ0n) is 15.1. The van der Waals surface area contributed by atoms with Gasteiger partial charge in [0, 0.05) is 28.8 Å². The normalized spacial score (nSPS) is 22.2. The maximum absolute atomic E-state index is 5.49. The number of fused-ring (bicyclic) bond motifs is 2. The van der Waals surface area contributed by atoms with Gasteiger partial charge >= 0.3 is 0 Å². The van der Waals surface area contributed by atoms with E-state index in [1.165, 1.54) is 53.4 Å². The summed E-state index contributed by atoms with van der Waals surface area (Å²) in [4.78, 5) is 6.89. The maximum atomic E-state index is 5.49. The van der Waals surface area contributed by atoms with Crippen molar-refractivity contribution in [3.63, 3.8) is 0 Å². The third kappa shape index (κ3) is 3.38. The number of para-hydroxylation sites is 1. The van der Waals surface area contributed by atoms with Crippen LogP contribution in [0.4, 0.5) is 11.4 Å². The largest absolute Gasteiger partial charge is 0.497 e. The summed E-state index contributed by atoms with van der Waals surface area (Å²) in [5.41, 5.74) is 2.62. The molecule has 2 aromatic rings. The van der Waals surface area contributed by atoms with Crippen LogP contribution >= 0.6 is 11.8 Å². The first-order valence-electron chi connectivity index (χ1n) is 9.31. The second kappa shape index (κ2) is 7.30. The zero-order chi connectivity index (χ0) is 17.2. The number of hydrogen-bond acceptors (Lipinski definition) is 3. The van der Waals surface area contributed by atoms with Crippen molar-refractivity contribution in [1.82, 2.24) is 0 Å². The van der Waals surface area contributed by atoms with Crippen LogP contribution < -0.4 is 14.5 Å². The minimum Gasteiger partial charge on any atom is -0.497 e. The molecule has 1 saturated heterocycles. The van der Waals surface area contributed by atoms with Crippen LogP contribution in [0.3, 0.4) is 0 Å². The number of piperidine rings is 1. The summed E-state index contributed by atoms with van der Waals surface area (Å²) >= 11 is 1.87. The molecule has 0 bridgehead atoms. The molecule has 4 rings (SSSR count). The fourth-order valence-electron chi connectivity index (χ4n) is 4.10. The SMILES string of the molecule is COc1ccc2c(c1)N(CC[C@@H]1CCCC[NH+]1C)c1ccccc1S2. The monoisotopic (exact) mass is 355 g/mol. The van der Waals surface area contributed by atoms with Gasteiger partial charge in [0.2, 0.25) is 0 Å². The van der Waals surface area contributed by atoms with Crippen molar-refractivity contribution in [3.8, 4) is 5.75 Å². The number of ether oxygens (including phenoxy) is 1. The number of benzene rings is 2. The van der Waals surface area contributed by atoms with Crippen LogP contribution in [0.25, 0.3) is 0 Å². The van der Waals surface area contributed by atoms with E-state index in [4.69, 9.17) is 4.74 Å². The van der Waals surface area contributed by atoms with E-state index < -0.39 is 0 Å². The predicted molar refractivity (Wildman–Crippen MR) is 105 cm³/mol. The molecule has 2 aromatic carbocycles. The number of methoxy groups -OCH3 is 1. The average Bonchev–Trinajstić information content (AvgIpc) is 2.66. The molecule has 0 spiro atoms. The van der Waals surface area contributed by atoms with Crippen LogP contribution in [0, 0.1) is 0 Å². The van der Waals surface area contributed by atoms with Crippen molar-refractivity contribution in [2.24, 2.45) is 0 Å². The molecule has 0 aliphatic carbocycles. The van der Waals surface area contributed by atoms with E-state index in [0.717, 1.165) is 18.3 Å². The smallest absolute Gasteiger partial charge is 0.121 e. The Morgan fingerprint density at radius 1 is 1.12 bits per heavy atom. The van der Waals surface area contributed by atoms with E-state index in [1.807, 2.05) is 11.8 Å². The number of rotatable bonds is 4. The molecule has 3 nitrogen and oxygen atoms in total. The summed E-state index contributed by atoms with van der Waals surface area (Å²) < 4.78 is 5.49. The maximum Gasteiger partial charge on any atom is 0.121 e. The topological polar surface area (TPSA) is 16.9 Å². The van der Waals surface area contributed by atoms with Gasteiger partial charge in [-0.05, 0) is 43.5 Å². The molecule has 2 heterocycles. The Hall–Kier alpha value is -1.65. The molecule has 1 N–H and O–H groups in total. The highest BCUT2D eigenvalue weighted by molar-refractivity contribution is 7.99. The summed E-state index contributed by atoms with van der Waals surface area (Å²) in [6.45, 7) is 2.39. The molecule has 2 atom stereocenters. The fourth-order valence-corrected chi connectivity index (χ4v) is 5.17. The second-order valence-electron chi connectivity index (χ2n) is 7.13. The first kappa shape index (κ1) is 16.8. The lowest BCUT2D eigenvalue weighted by molar-refractivity contribution is -0.911. The predicted octanol–water partition coefficient (Wildman–Crippen LogP) is 3.76. The highest BCUT2D eigenvalue weighted by Crippen LogP contribution is 2.49. The summed E-state index contributed by atoms with van der Waals surface area (Å²) in [7, 11) is 4.11. The molecular weight excluding hydrogens is 328 g/mol. The van der Waals surface area contributed by atoms with Crippen molar-refractivity contribution in [2.75, 3.05) is 32.1 Å². The van der Waals surface area contributed by atoms with Crippen LogP contribution in [0.15, 0.2) is 52.3 Å². The minimum absolute atomic E-state index is 0.782. The molecular formula is C21H27N2OS+. The highest BCUT2D eigenvalue weighted by Gasteiger charge is 2.27. The molecule has 0 aromatic heterocycles. The van der Waals surface area contributed by atoms with Gasteiger partial charge in [-0.15, -0.1) is 0 Å². The van der Waals surface area contributed by atoms with Gasteiger partial charge in [0.1, 0.15) is 5.75 Å². The van der Waals surface area contributed by atoms with Crippen molar-refractivity contribution >= 4 is 23.1 Å². The standard InChI is InChI=1S/C21H26N2OS/c1-22-13-6-5-7-16(22)12-14-23-18-8-3-4-9-20(18)25-21-11-10-17(24-2)15-19(21)23/h3-4,8-11,15-16H,5-7,12-14H2,1-2H3/p+1/t16-/m0/s1. The molecule has 0 amide bonds. The van der Waals surface area contributed by atoms with Gasteiger partial charge in [-0.2, -0.15) is 0 Å². The van der Waals surface area contributed by atoms with Crippen LogP contribution in [0.1, 0.15) is 25.7 Å². The van der Waals surface area contributed by atoms with E-state index in [-0.39, 0.29) is 0 Å². The Morgan fingerprint density at radius 3 is 2.80 bits per heavy atom. The molecule has 132 valence electrons. The third-order valence-corrected chi connectivity index (χ3v) is 6.73. The number of quaternary nitrogens is 1. The Bertz CT molecular complexity index is 748. The van der Waals surface area contributed by atoms with Gasteiger partial charge in [0.05, 0.1) is 38.1 Å². The Labute approximate surface area is 155 Å². The van der Waals surface area contributed by atoms with E-state index in [2.05, 4.69) is 54.4 Å². The van der Waals surface area contributed by atoms with Gasteiger partial charge in [0.25, 0.3) is 0 Å². The fraction of sp³-hybridized carbons (Fsp3) is 0.429. The summed E-state index contributed by atoms with van der Waals surface area (Å²) in [5.74, 6) is 0.934. The molecule has 25 heavy (non-hydrogen) atoms. The second-order valence-corrected chi connectivity index (χ2v) is 8.22. The molecule has 0 saturated carbocycles. The van der Waals surface area contributed by atoms with Crippen LogP contribution in [0.2, 0.25) is 0 Å². The van der Waals surface area contributed by atoms with Crippen molar-refractivity contribution in [3.05, 3.63) is 42.5 Å². The summed E-state index contributed by atoms with van der Waals surface area (Å²) in [6, 6.07) is 16.0. The average molecular weight is 356 g/mol. The number of nitrogens with zero attached hydrogens (tertiary/aromatic N) is 1. The number of hydrogen-bond donors (Lipinski definition) is 1. The zero-order valence-corrected chi connectivity index (χ0v) is 15.9. The van der Waals surface area contributed by atoms with Crippen molar-refractivity contribution in [1.29, 1.82) is 0 Å². The van der Waals surface area contributed by atoms with E-state index in [0.29, 0.717) is 0 Å². The van der Waals surface area contributed by atoms with Crippen LogP contribution in [0.5, 0.6) is 5.75 Å². The molecule has 1 fully saturated rings. The Kier molecular flexibility index (Phi) is 4.91. The van der Waals surface area contributed by atoms with E-state index in [1.54, 1.807) is 12.0 Å². The number of anilines is 2. The van der Waals surface area contributed by atoms with E-state index in [9.17, 15) is 0 Å². The molecule has 1 unspecified atom stereocenters. The minimum atomic E-state index is 0.782. The van der Waals surface area contributed by atoms with E-state index >= 15 is 0 Å². The lowest BCUT2D eigenvalue weighted by Gasteiger charge is -2.35. The van der Waals surface area contributed by atoms with Gasteiger partial charge < -0.3 is 14.5 Å². The third-order valence-electron chi connectivity index (χ3n) is 5.60. The lowest BCUT2D eigenvalue weighted by Crippen LogP contribution is -3.13. The number of likely N-dealkylation sites (tertiary alicyclic amines) is 1. The first-order chi connectivity index (χ1) is 12.3. The molecule has 2 aliphatic heterocycles. The summed E-state index contributed by atoms with van der Waals surface area (Å²) in [6.07, 6.45) is 5.37. The molecule has 4 heteroatoms. The first-order valence-corrected chi connectivity index (χ1v) is 10.1. The molecule has 2 aliphatic rings. The summed E-state index contributed by atoms with van der Waals surface area (Å²) in [5, 5.41) is 0. The quantitative estimate of drug-likeness (QED) is 0.900. The van der Waals surface area contributed by atoms with Gasteiger partial charge in [-0.1, -0.05) is 23.9 Å².